The smallest absolute Gasteiger partial charge is 0.254 e. The molecule has 1 atom stereocenters. The molecule has 0 radical (unpaired) electrons. The molecule has 1 fully saturated rings. The van der Waals surface area contributed by atoms with Gasteiger partial charge in [0.2, 0.25) is 5.91 Å². The molecule has 0 bridgehead atoms. The summed E-state index contributed by atoms with van der Waals surface area (Å²) in [6.45, 7) is 5.70. The molecule has 0 spiro atoms. The van der Waals surface area contributed by atoms with E-state index in [0.29, 0.717) is 38.2 Å². The van der Waals surface area contributed by atoms with E-state index in [1.54, 1.807) is 51.7 Å². The van der Waals surface area contributed by atoms with Gasteiger partial charge in [0, 0.05) is 49.0 Å². The molecule has 0 N–H and O–H groups in total. The van der Waals surface area contributed by atoms with Crippen LogP contribution in [0.2, 0.25) is 0 Å². The molecule has 5 nitrogen and oxygen atoms in total. The Kier molecular flexibility index (Phi) is 6.57. The van der Waals surface area contributed by atoms with Gasteiger partial charge in [-0.15, -0.1) is 17.9 Å². The standard InChI is InChI=1S/C25H25N3O2S/c1-2-13-27-14-15-28(24(29)21-9-11-26-12-10-21)18-22(25(27)30)17-19-5-7-20(8-6-19)23-4-3-16-31-23/h2-12,16,22H,1,13-15,17-18H2/t22-/m0/s1. The van der Waals surface area contributed by atoms with E-state index in [4.69, 9.17) is 0 Å². The Morgan fingerprint density at radius 2 is 1.90 bits per heavy atom. The lowest BCUT2D eigenvalue weighted by atomic mass is 9.96. The van der Waals surface area contributed by atoms with Gasteiger partial charge in [-0.2, -0.15) is 0 Å². The fourth-order valence-corrected chi connectivity index (χ4v) is 4.66. The van der Waals surface area contributed by atoms with Crippen LogP contribution in [0, 0.1) is 5.92 Å². The molecule has 0 aliphatic carbocycles. The van der Waals surface area contributed by atoms with Gasteiger partial charge in [0.25, 0.3) is 5.91 Å². The monoisotopic (exact) mass is 431 g/mol. The molecule has 31 heavy (non-hydrogen) atoms. The largest absolute Gasteiger partial charge is 0.337 e. The third-order valence-electron chi connectivity index (χ3n) is 5.55. The number of aromatic nitrogens is 1. The average molecular weight is 432 g/mol. The van der Waals surface area contributed by atoms with Gasteiger partial charge in [0.05, 0.1) is 5.92 Å². The summed E-state index contributed by atoms with van der Waals surface area (Å²) in [6.07, 6.45) is 5.57. The van der Waals surface area contributed by atoms with Gasteiger partial charge in [-0.1, -0.05) is 36.4 Å². The first kappa shape index (κ1) is 21.0. The second kappa shape index (κ2) is 9.71. The summed E-state index contributed by atoms with van der Waals surface area (Å²) < 4.78 is 0. The summed E-state index contributed by atoms with van der Waals surface area (Å²) in [5.74, 6) is -0.276. The zero-order chi connectivity index (χ0) is 21.6. The van der Waals surface area contributed by atoms with Crippen LogP contribution < -0.4 is 0 Å². The van der Waals surface area contributed by atoms with Crippen LogP contribution in [0.25, 0.3) is 10.4 Å². The summed E-state index contributed by atoms with van der Waals surface area (Å²) in [6, 6.07) is 15.9. The molecule has 0 unspecified atom stereocenters. The van der Waals surface area contributed by atoms with Crippen molar-refractivity contribution < 1.29 is 9.59 Å². The highest BCUT2D eigenvalue weighted by Crippen LogP contribution is 2.26. The second-order valence-electron chi connectivity index (χ2n) is 7.64. The summed E-state index contributed by atoms with van der Waals surface area (Å²) in [5, 5.41) is 2.07. The molecular weight excluding hydrogens is 406 g/mol. The molecule has 1 aliphatic heterocycles. The van der Waals surface area contributed by atoms with Crippen molar-refractivity contribution in [3.05, 3.63) is 90.1 Å². The summed E-state index contributed by atoms with van der Waals surface area (Å²) >= 11 is 1.71. The first-order valence-corrected chi connectivity index (χ1v) is 11.3. The maximum atomic E-state index is 13.2. The van der Waals surface area contributed by atoms with Crippen molar-refractivity contribution in [2.24, 2.45) is 5.92 Å². The third kappa shape index (κ3) is 4.91. The van der Waals surface area contributed by atoms with Gasteiger partial charge in [-0.25, -0.2) is 0 Å². The van der Waals surface area contributed by atoms with E-state index in [9.17, 15) is 9.59 Å². The van der Waals surface area contributed by atoms with Crippen LogP contribution in [0.4, 0.5) is 0 Å². The van der Waals surface area contributed by atoms with E-state index in [-0.39, 0.29) is 17.7 Å². The zero-order valence-electron chi connectivity index (χ0n) is 17.3. The van der Waals surface area contributed by atoms with E-state index < -0.39 is 0 Å². The number of benzene rings is 1. The van der Waals surface area contributed by atoms with Crippen LogP contribution in [0.15, 0.2) is 79.0 Å². The highest BCUT2D eigenvalue weighted by atomic mass is 32.1. The predicted molar refractivity (Wildman–Crippen MR) is 124 cm³/mol. The minimum Gasteiger partial charge on any atom is -0.337 e. The van der Waals surface area contributed by atoms with Crippen LogP contribution >= 0.6 is 11.3 Å². The minimum absolute atomic E-state index is 0.0614. The second-order valence-corrected chi connectivity index (χ2v) is 8.58. The van der Waals surface area contributed by atoms with Crippen LogP contribution in [-0.2, 0) is 11.2 Å². The van der Waals surface area contributed by atoms with Gasteiger partial charge < -0.3 is 9.80 Å². The number of amides is 2. The Morgan fingerprint density at radius 1 is 1.13 bits per heavy atom. The molecule has 1 aromatic carbocycles. The quantitative estimate of drug-likeness (QED) is 0.551. The van der Waals surface area contributed by atoms with Gasteiger partial charge in [0.15, 0.2) is 0 Å². The van der Waals surface area contributed by atoms with Gasteiger partial charge in [-0.3, -0.25) is 14.6 Å². The number of thiophene rings is 1. The van der Waals surface area contributed by atoms with Crippen LogP contribution in [0.3, 0.4) is 0 Å². The third-order valence-corrected chi connectivity index (χ3v) is 6.47. The van der Waals surface area contributed by atoms with E-state index in [0.717, 1.165) is 5.56 Å². The lowest BCUT2D eigenvalue weighted by molar-refractivity contribution is -0.134. The molecular formula is C25H25N3O2S. The molecule has 0 saturated carbocycles. The predicted octanol–water partition coefficient (Wildman–Crippen LogP) is 4.14. The Labute approximate surface area is 186 Å². The van der Waals surface area contributed by atoms with Crippen molar-refractivity contribution in [2.45, 2.75) is 6.42 Å². The fourth-order valence-electron chi connectivity index (χ4n) is 3.93. The van der Waals surface area contributed by atoms with E-state index in [1.807, 2.05) is 6.07 Å². The maximum Gasteiger partial charge on any atom is 0.254 e. The Hall–Kier alpha value is -3.25. The normalized spacial score (nSPS) is 16.8. The van der Waals surface area contributed by atoms with Crippen LogP contribution in [0.5, 0.6) is 0 Å². The number of nitrogens with zero attached hydrogens (tertiary/aromatic N) is 3. The Morgan fingerprint density at radius 3 is 2.58 bits per heavy atom. The van der Waals surface area contributed by atoms with Crippen molar-refractivity contribution in [3.8, 4) is 10.4 Å². The number of rotatable bonds is 6. The minimum atomic E-state index is -0.291. The van der Waals surface area contributed by atoms with Crippen LogP contribution in [-0.4, -0.2) is 52.8 Å². The van der Waals surface area contributed by atoms with Crippen molar-refractivity contribution in [3.63, 3.8) is 0 Å². The first-order chi connectivity index (χ1) is 15.2. The fraction of sp³-hybridized carbons (Fsp3) is 0.240. The zero-order valence-corrected chi connectivity index (χ0v) is 18.1. The van der Waals surface area contributed by atoms with Crippen molar-refractivity contribution in [1.29, 1.82) is 0 Å². The molecule has 3 aromatic rings. The SMILES string of the molecule is C=CCN1CCN(C(=O)c2ccncc2)C[C@H](Cc2ccc(-c3cccs3)cc2)C1=O. The summed E-state index contributed by atoms with van der Waals surface area (Å²) in [4.78, 5) is 35.1. The molecule has 1 aliphatic rings. The van der Waals surface area contributed by atoms with Gasteiger partial charge >= 0.3 is 0 Å². The Balaban J connectivity index is 1.54. The molecule has 3 heterocycles. The van der Waals surface area contributed by atoms with E-state index >= 15 is 0 Å². The number of carbonyl (C=O) groups is 2. The van der Waals surface area contributed by atoms with Crippen molar-refractivity contribution in [1.82, 2.24) is 14.8 Å². The number of pyridine rings is 1. The number of hydrogen-bond donors (Lipinski definition) is 0. The van der Waals surface area contributed by atoms with Crippen molar-refractivity contribution in [2.75, 3.05) is 26.2 Å². The molecule has 4 rings (SSSR count). The van der Waals surface area contributed by atoms with E-state index in [2.05, 4.69) is 47.3 Å². The lowest BCUT2D eigenvalue weighted by Gasteiger charge is -2.23. The highest BCUT2D eigenvalue weighted by Gasteiger charge is 2.32. The average Bonchev–Trinajstić information content (AvgIpc) is 3.30. The van der Waals surface area contributed by atoms with Crippen LogP contribution in [0.1, 0.15) is 15.9 Å². The summed E-state index contributed by atoms with van der Waals surface area (Å²) in [7, 11) is 0. The van der Waals surface area contributed by atoms with E-state index in [1.165, 1.54) is 10.4 Å². The first-order valence-electron chi connectivity index (χ1n) is 10.4. The summed E-state index contributed by atoms with van der Waals surface area (Å²) in [5.41, 5.74) is 2.86. The molecule has 6 heteroatoms. The molecule has 2 aromatic heterocycles. The Bertz CT molecular complexity index is 1030. The van der Waals surface area contributed by atoms with Gasteiger partial charge in [0.1, 0.15) is 0 Å². The molecule has 1 saturated heterocycles. The molecule has 2 amide bonds. The highest BCUT2D eigenvalue weighted by molar-refractivity contribution is 7.13. The topological polar surface area (TPSA) is 53.5 Å². The van der Waals surface area contributed by atoms with Crippen molar-refractivity contribution >= 4 is 23.2 Å². The number of carbonyl (C=O) groups excluding carboxylic acids is 2. The number of hydrogen-bond acceptors (Lipinski definition) is 4. The van der Waals surface area contributed by atoms with Gasteiger partial charge in [-0.05, 0) is 41.1 Å². The molecule has 158 valence electrons. The maximum absolute atomic E-state index is 13.2. The lowest BCUT2D eigenvalue weighted by Crippen LogP contribution is -2.38.